The zero-order valence-corrected chi connectivity index (χ0v) is 29.1. The molecule has 10 aromatic rings. The summed E-state index contributed by atoms with van der Waals surface area (Å²) in [5.74, 6) is 0. The molecule has 244 valence electrons. The van der Waals surface area contributed by atoms with Crippen LogP contribution in [0.15, 0.2) is 158 Å². The second kappa shape index (κ2) is 11.6. The Morgan fingerprint density at radius 3 is 1.92 bits per heavy atom. The molecule has 1 aliphatic rings. The SMILES string of the molecule is c1ccc(-c2cccc3c4ccccc4n(C4NC(c5ccccc5)NC(c5cccc6c5sc5c6ccc6c7ccccc7sc65)N4)c23)cc1. The summed E-state index contributed by atoms with van der Waals surface area (Å²) in [4.78, 5) is 0. The number of nitrogens with one attached hydrogen (secondary N) is 3. The van der Waals surface area contributed by atoms with Crippen molar-refractivity contribution < 1.29 is 0 Å². The summed E-state index contributed by atoms with van der Waals surface area (Å²) < 4.78 is 7.90. The van der Waals surface area contributed by atoms with Gasteiger partial charge in [0, 0.05) is 52.8 Å². The van der Waals surface area contributed by atoms with E-state index in [4.69, 9.17) is 0 Å². The first kappa shape index (κ1) is 29.4. The summed E-state index contributed by atoms with van der Waals surface area (Å²) in [5.41, 5.74) is 7.31. The molecule has 3 aromatic heterocycles. The van der Waals surface area contributed by atoms with Gasteiger partial charge < -0.3 is 4.57 Å². The lowest BCUT2D eigenvalue weighted by molar-refractivity contribution is 0.162. The zero-order chi connectivity index (χ0) is 33.5. The fourth-order valence-electron chi connectivity index (χ4n) is 8.25. The van der Waals surface area contributed by atoms with Crippen molar-refractivity contribution in [2.24, 2.45) is 0 Å². The van der Waals surface area contributed by atoms with Crippen LogP contribution in [0.1, 0.15) is 29.7 Å². The number of hydrogen-bond donors (Lipinski definition) is 3. The molecule has 3 N–H and O–H groups in total. The predicted octanol–water partition coefficient (Wildman–Crippen LogP) is 11.8. The summed E-state index contributed by atoms with van der Waals surface area (Å²) >= 11 is 3.84. The molecule has 4 nitrogen and oxygen atoms in total. The Balaban J connectivity index is 1.12. The first-order valence-electron chi connectivity index (χ1n) is 17.5. The largest absolute Gasteiger partial charge is 0.311 e. The van der Waals surface area contributed by atoms with E-state index >= 15 is 0 Å². The smallest absolute Gasteiger partial charge is 0.142 e. The molecule has 0 aliphatic carbocycles. The van der Waals surface area contributed by atoms with Gasteiger partial charge in [-0.2, -0.15) is 0 Å². The molecule has 7 aromatic carbocycles. The third-order valence-electron chi connectivity index (χ3n) is 10.5. The molecule has 0 bridgehead atoms. The van der Waals surface area contributed by atoms with Gasteiger partial charge >= 0.3 is 0 Å². The summed E-state index contributed by atoms with van der Waals surface area (Å²) in [7, 11) is 0. The lowest BCUT2D eigenvalue weighted by Crippen LogP contribution is -2.56. The highest BCUT2D eigenvalue weighted by Crippen LogP contribution is 2.46. The molecule has 1 fully saturated rings. The Bertz CT molecular complexity index is 2920. The van der Waals surface area contributed by atoms with Gasteiger partial charge in [-0.3, -0.25) is 16.0 Å². The number of hydrogen-bond acceptors (Lipinski definition) is 5. The second-order valence-corrected chi connectivity index (χ2v) is 15.5. The highest BCUT2D eigenvalue weighted by Gasteiger charge is 2.33. The van der Waals surface area contributed by atoms with Crippen molar-refractivity contribution in [1.82, 2.24) is 20.5 Å². The van der Waals surface area contributed by atoms with E-state index in [0.29, 0.717) is 0 Å². The van der Waals surface area contributed by atoms with Gasteiger partial charge in [0.25, 0.3) is 0 Å². The molecule has 11 rings (SSSR count). The molecule has 3 unspecified atom stereocenters. The molecular weight excluding hydrogens is 661 g/mol. The van der Waals surface area contributed by atoms with E-state index in [0.717, 1.165) is 0 Å². The number of nitrogens with zero attached hydrogens (tertiary/aromatic N) is 1. The van der Waals surface area contributed by atoms with Gasteiger partial charge in [-0.25, -0.2) is 0 Å². The minimum absolute atomic E-state index is 0.0958. The number of aromatic nitrogens is 1. The van der Waals surface area contributed by atoms with Gasteiger partial charge in [0.1, 0.15) is 6.29 Å². The van der Waals surface area contributed by atoms with Crippen molar-refractivity contribution in [3.05, 3.63) is 169 Å². The fraction of sp³-hybridized carbons (Fsp3) is 0.0667. The number of benzene rings is 7. The molecular formula is C45H32N4S2. The van der Waals surface area contributed by atoms with Crippen LogP contribution in [0.3, 0.4) is 0 Å². The number of rotatable bonds is 4. The molecule has 0 amide bonds. The van der Waals surface area contributed by atoms with Gasteiger partial charge in [0.2, 0.25) is 0 Å². The van der Waals surface area contributed by atoms with Crippen LogP contribution in [-0.2, 0) is 0 Å². The van der Waals surface area contributed by atoms with E-state index in [-0.39, 0.29) is 18.6 Å². The molecule has 1 saturated heterocycles. The van der Waals surface area contributed by atoms with Crippen LogP contribution >= 0.6 is 22.7 Å². The van der Waals surface area contributed by atoms with Crippen molar-refractivity contribution in [2.45, 2.75) is 18.6 Å². The lowest BCUT2D eigenvalue weighted by atomic mass is 10.0. The number of thiophene rings is 2. The first-order chi connectivity index (χ1) is 25.3. The molecule has 4 heterocycles. The van der Waals surface area contributed by atoms with E-state index < -0.39 is 0 Å². The molecule has 6 heteroatoms. The van der Waals surface area contributed by atoms with Crippen molar-refractivity contribution in [3.63, 3.8) is 0 Å². The highest BCUT2D eigenvalue weighted by molar-refractivity contribution is 7.33. The zero-order valence-electron chi connectivity index (χ0n) is 27.5. The minimum Gasteiger partial charge on any atom is -0.311 e. The second-order valence-electron chi connectivity index (χ2n) is 13.4. The Morgan fingerprint density at radius 1 is 0.431 bits per heavy atom. The van der Waals surface area contributed by atoms with Gasteiger partial charge in [-0.1, -0.05) is 146 Å². The van der Waals surface area contributed by atoms with Gasteiger partial charge in [0.05, 0.1) is 32.8 Å². The molecule has 1 aliphatic heterocycles. The summed E-state index contributed by atoms with van der Waals surface area (Å²) in [6, 6.07) is 57.3. The van der Waals surface area contributed by atoms with Crippen LogP contribution in [0.2, 0.25) is 0 Å². The summed E-state index contributed by atoms with van der Waals surface area (Å²) in [6.07, 6.45) is -0.439. The summed E-state index contributed by atoms with van der Waals surface area (Å²) in [5, 5.41) is 19.9. The Kier molecular flexibility index (Phi) is 6.69. The van der Waals surface area contributed by atoms with Crippen LogP contribution in [-0.4, -0.2) is 4.57 Å². The Morgan fingerprint density at radius 2 is 1.06 bits per heavy atom. The van der Waals surface area contributed by atoms with Gasteiger partial charge in [-0.15, -0.1) is 22.7 Å². The highest BCUT2D eigenvalue weighted by atomic mass is 32.1. The molecule has 0 saturated carbocycles. The molecule has 51 heavy (non-hydrogen) atoms. The van der Waals surface area contributed by atoms with E-state index in [9.17, 15) is 0 Å². The topological polar surface area (TPSA) is 41.0 Å². The minimum atomic E-state index is -0.215. The standard InChI is InChI=1S/C45H32N4S2/c1-3-13-27(14-4-1)29-19-11-20-32-30-17-7-9-23-37(30)49(39(29)32)45-47-43(28-15-5-2-6-16-28)46-44(48-45)36-22-12-21-33-35-26-25-34-31-18-8-10-24-38(31)50-41(34)42(35)51-40(33)36/h1-26,43-48H. The maximum atomic E-state index is 4.08. The fourth-order valence-corrected chi connectivity index (χ4v) is 10.9. The Labute approximate surface area is 302 Å². The van der Waals surface area contributed by atoms with Crippen LogP contribution in [0.5, 0.6) is 0 Å². The average molecular weight is 693 g/mol. The van der Waals surface area contributed by atoms with Gasteiger partial charge in [0.15, 0.2) is 0 Å². The number of fused-ring (bicyclic) bond motifs is 10. The van der Waals surface area contributed by atoms with E-state index in [2.05, 4.69) is 178 Å². The third kappa shape index (κ3) is 4.55. The summed E-state index contributed by atoms with van der Waals surface area (Å²) in [6.45, 7) is 0. The van der Waals surface area contributed by atoms with Crippen LogP contribution in [0.4, 0.5) is 0 Å². The van der Waals surface area contributed by atoms with Crippen molar-refractivity contribution >= 4 is 84.8 Å². The molecule has 0 spiro atoms. The number of para-hydroxylation sites is 2. The van der Waals surface area contributed by atoms with E-state index in [1.54, 1.807) is 0 Å². The lowest BCUT2D eigenvalue weighted by Gasteiger charge is -2.40. The predicted molar refractivity (Wildman–Crippen MR) is 217 cm³/mol. The maximum absolute atomic E-state index is 4.08. The van der Waals surface area contributed by atoms with E-state index in [1.165, 1.54) is 84.4 Å². The van der Waals surface area contributed by atoms with Crippen molar-refractivity contribution in [3.8, 4) is 11.1 Å². The van der Waals surface area contributed by atoms with Gasteiger partial charge in [-0.05, 0) is 23.3 Å². The van der Waals surface area contributed by atoms with E-state index in [1.807, 2.05) is 22.7 Å². The Hall–Kier alpha value is -5.34. The normalized spacial score (nSPS) is 18.2. The van der Waals surface area contributed by atoms with Crippen LogP contribution in [0.25, 0.3) is 73.3 Å². The maximum Gasteiger partial charge on any atom is 0.142 e. The molecule has 3 atom stereocenters. The van der Waals surface area contributed by atoms with Crippen molar-refractivity contribution in [1.29, 1.82) is 0 Å². The monoisotopic (exact) mass is 692 g/mol. The van der Waals surface area contributed by atoms with Crippen LogP contribution < -0.4 is 16.0 Å². The molecule has 0 radical (unpaired) electrons. The van der Waals surface area contributed by atoms with Crippen LogP contribution in [0, 0.1) is 0 Å². The average Bonchev–Trinajstić information content (AvgIpc) is 3.88. The first-order valence-corrected chi connectivity index (χ1v) is 19.1. The quantitative estimate of drug-likeness (QED) is 0.172. The van der Waals surface area contributed by atoms with Crippen molar-refractivity contribution in [2.75, 3.05) is 0 Å². The third-order valence-corrected chi connectivity index (χ3v) is 13.2.